The minimum absolute atomic E-state index is 0.241. The second-order valence-electron chi connectivity index (χ2n) is 4.81. The molecule has 0 saturated carbocycles. The van der Waals surface area contributed by atoms with Crippen LogP contribution in [0.4, 0.5) is 0 Å². The molecule has 0 aromatic carbocycles. The predicted molar refractivity (Wildman–Crippen MR) is 77.9 cm³/mol. The van der Waals surface area contributed by atoms with Gasteiger partial charge in [0.15, 0.2) is 0 Å². The zero-order valence-corrected chi connectivity index (χ0v) is 13.6. The molecule has 0 aliphatic carbocycles. The molecule has 0 radical (unpaired) electrons. The quantitative estimate of drug-likeness (QED) is 0.755. The third kappa shape index (κ3) is 3.47. The first-order valence-electron chi connectivity index (χ1n) is 5.90. The summed E-state index contributed by atoms with van der Waals surface area (Å²) in [5, 5.41) is 1.85. The first-order chi connectivity index (χ1) is 8.30. The second kappa shape index (κ2) is 6.37. The normalized spacial score (nSPS) is 12.6. The Labute approximate surface area is 119 Å². The molecule has 0 fully saturated rings. The van der Waals surface area contributed by atoms with E-state index in [1.807, 2.05) is 12.3 Å². The third-order valence-electron chi connectivity index (χ3n) is 2.80. The van der Waals surface area contributed by atoms with Crippen molar-refractivity contribution >= 4 is 33.0 Å². The van der Waals surface area contributed by atoms with Gasteiger partial charge in [-0.15, -0.1) is 22.9 Å². The average Bonchev–Trinajstić information content (AvgIpc) is 2.67. The van der Waals surface area contributed by atoms with Gasteiger partial charge in [-0.2, -0.15) is 0 Å². The monoisotopic (exact) mass is 309 g/mol. The fourth-order valence-electron chi connectivity index (χ4n) is 1.64. The van der Waals surface area contributed by atoms with Crippen LogP contribution in [0.1, 0.15) is 30.7 Å². The molecule has 0 bridgehead atoms. The van der Waals surface area contributed by atoms with Crippen molar-refractivity contribution in [2.24, 2.45) is 5.92 Å². The SMILES string of the molecule is Cc1csc(CCl)c1S(=O)(=O)N(C)CCC(C)C. The van der Waals surface area contributed by atoms with Crippen molar-refractivity contribution in [3.05, 3.63) is 15.8 Å². The number of sulfonamides is 1. The summed E-state index contributed by atoms with van der Waals surface area (Å²) in [6.45, 7) is 6.52. The molecular formula is C12H20ClNO2S2. The highest BCUT2D eigenvalue weighted by atomic mass is 35.5. The highest BCUT2D eigenvalue weighted by Gasteiger charge is 2.26. The van der Waals surface area contributed by atoms with Crippen LogP contribution in [0, 0.1) is 12.8 Å². The molecule has 0 amide bonds. The minimum atomic E-state index is -3.41. The van der Waals surface area contributed by atoms with Crippen LogP contribution >= 0.6 is 22.9 Å². The number of hydrogen-bond acceptors (Lipinski definition) is 3. The number of nitrogens with zero attached hydrogens (tertiary/aromatic N) is 1. The average molecular weight is 310 g/mol. The summed E-state index contributed by atoms with van der Waals surface area (Å²) < 4.78 is 26.4. The van der Waals surface area contributed by atoms with Crippen LogP contribution in [-0.4, -0.2) is 26.3 Å². The van der Waals surface area contributed by atoms with Crippen molar-refractivity contribution in [3.63, 3.8) is 0 Å². The Balaban J connectivity index is 3.02. The molecule has 104 valence electrons. The van der Waals surface area contributed by atoms with E-state index in [1.165, 1.54) is 15.6 Å². The summed E-state index contributed by atoms with van der Waals surface area (Å²) in [6, 6.07) is 0. The number of aryl methyl sites for hydroxylation is 1. The number of rotatable bonds is 6. The molecule has 1 aromatic rings. The van der Waals surface area contributed by atoms with Crippen molar-refractivity contribution in [3.8, 4) is 0 Å². The Morgan fingerprint density at radius 3 is 2.56 bits per heavy atom. The van der Waals surface area contributed by atoms with E-state index in [1.54, 1.807) is 7.05 Å². The van der Waals surface area contributed by atoms with Crippen molar-refractivity contribution in [1.29, 1.82) is 0 Å². The van der Waals surface area contributed by atoms with E-state index in [0.717, 1.165) is 16.9 Å². The van der Waals surface area contributed by atoms with E-state index in [9.17, 15) is 8.42 Å². The lowest BCUT2D eigenvalue weighted by Crippen LogP contribution is -2.29. The highest BCUT2D eigenvalue weighted by molar-refractivity contribution is 7.89. The maximum Gasteiger partial charge on any atom is 0.244 e. The maximum absolute atomic E-state index is 12.5. The second-order valence-corrected chi connectivity index (χ2v) is 8.03. The minimum Gasteiger partial charge on any atom is -0.207 e. The smallest absolute Gasteiger partial charge is 0.207 e. The van der Waals surface area contributed by atoms with E-state index < -0.39 is 10.0 Å². The van der Waals surface area contributed by atoms with Crippen LogP contribution in [0.5, 0.6) is 0 Å². The number of thiophene rings is 1. The molecule has 3 nitrogen and oxygen atoms in total. The standard InChI is InChI=1S/C12H20ClNO2S2/c1-9(2)5-6-14(4)18(15,16)12-10(3)8-17-11(12)7-13/h8-9H,5-7H2,1-4H3. The first-order valence-corrected chi connectivity index (χ1v) is 8.75. The maximum atomic E-state index is 12.5. The Morgan fingerprint density at radius 1 is 1.44 bits per heavy atom. The van der Waals surface area contributed by atoms with Crippen LogP contribution < -0.4 is 0 Å². The largest absolute Gasteiger partial charge is 0.244 e. The van der Waals surface area contributed by atoms with Crippen molar-refractivity contribution in [1.82, 2.24) is 4.31 Å². The van der Waals surface area contributed by atoms with Gasteiger partial charge in [0, 0.05) is 18.5 Å². The summed E-state index contributed by atoms with van der Waals surface area (Å²) in [5.41, 5.74) is 0.784. The molecule has 1 rings (SSSR count). The molecule has 0 spiro atoms. The lowest BCUT2D eigenvalue weighted by Gasteiger charge is -2.19. The van der Waals surface area contributed by atoms with Crippen LogP contribution in [0.2, 0.25) is 0 Å². The molecule has 0 aliphatic heterocycles. The summed E-state index contributed by atoms with van der Waals surface area (Å²) in [6.07, 6.45) is 0.856. The lowest BCUT2D eigenvalue weighted by molar-refractivity contribution is 0.427. The number of hydrogen-bond donors (Lipinski definition) is 0. The third-order valence-corrected chi connectivity index (χ3v) is 6.55. The lowest BCUT2D eigenvalue weighted by atomic mass is 10.1. The summed E-state index contributed by atoms with van der Waals surface area (Å²) in [4.78, 5) is 1.12. The summed E-state index contributed by atoms with van der Waals surface area (Å²) in [5.74, 6) is 0.726. The van der Waals surface area contributed by atoms with Crippen LogP contribution in [0.15, 0.2) is 10.3 Å². The van der Waals surface area contributed by atoms with Gasteiger partial charge in [0.2, 0.25) is 10.0 Å². The summed E-state index contributed by atoms with van der Waals surface area (Å²) >= 11 is 7.22. The van der Waals surface area contributed by atoms with E-state index in [-0.39, 0.29) is 5.88 Å². The van der Waals surface area contributed by atoms with Gasteiger partial charge in [0.25, 0.3) is 0 Å². The van der Waals surface area contributed by atoms with Crippen molar-refractivity contribution < 1.29 is 8.42 Å². The fraction of sp³-hybridized carbons (Fsp3) is 0.667. The van der Waals surface area contributed by atoms with Gasteiger partial charge in [-0.05, 0) is 30.2 Å². The van der Waals surface area contributed by atoms with Gasteiger partial charge < -0.3 is 0 Å². The molecule has 0 unspecified atom stereocenters. The van der Waals surface area contributed by atoms with Gasteiger partial charge in [-0.1, -0.05) is 13.8 Å². The van der Waals surface area contributed by atoms with E-state index in [2.05, 4.69) is 13.8 Å². The Bertz CT molecular complexity index is 494. The van der Waals surface area contributed by atoms with Gasteiger partial charge in [-0.3, -0.25) is 0 Å². The zero-order valence-electron chi connectivity index (χ0n) is 11.2. The molecule has 6 heteroatoms. The van der Waals surface area contributed by atoms with E-state index in [4.69, 9.17) is 11.6 Å². The number of halogens is 1. The Hall–Kier alpha value is -0.100. The molecule has 18 heavy (non-hydrogen) atoms. The first kappa shape index (κ1) is 16.0. The molecular weight excluding hydrogens is 290 g/mol. The topological polar surface area (TPSA) is 37.4 Å². The zero-order chi connectivity index (χ0) is 13.9. The molecule has 0 aliphatic rings. The van der Waals surface area contributed by atoms with Crippen LogP contribution in [0.25, 0.3) is 0 Å². The molecule has 1 aromatic heterocycles. The van der Waals surface area contributed by atoms with E-state index in [0.29, 0.717) is 17.4 Å². The fourth-order valence-corrected chi connectivity index (χ4v) is 4.83. The van der Waals surface area contributed by atoms with E-state index >= 15 is 0 Å². The number of alkyl halides is 1. The molecule has 1 heterocycles. The van der Waals surface area contributed by atoms with Gasteiger partial charge in [0.05, 0.1) is 5.88 Å². The molecule has 0 N–H and O–H groups in total. The van der Waals surface area contributed by atoms with Crippen LogP contribution in [-0.2, 0) is 15.9 Å². The van der Waals surface area contributed by atoms with Gasteiger partial charge in [0.1, 0.15) is 4.90 Å². The van der Waals surface area contributed by atoms with Gasteiger partial charge in [-0.25, -0.2) is 12.7 Å². The van der Waals surface area contributed by atoms with Crippen molar-refractivity contribution in [2.75, 3.05) is 13.6 Å². The highest BCUT2D eigenvalue weighted by Crippen LogP contribution is 2.30. The molecule has 0 atom stereocenters. The molecule has 0 saturated heterocycles. The Morgan fingerprint density at radius 2 is 2.06 bits per heavy atom. The van der Waals surface area contributed by atoms with Crippen molar-refractivity contribution in [2.45, 2.75) is 38.0 Å². The Kier molecular flexibility index (Phi) is 5.65. The van der Waals surface area contributed by atoms with Crippen LogP contribution in [0.3, 0.4) is 0 Å². The van der Waals surface area contributed by atoms with Gasteiger partial charge >= 0.3 is 0 Å². The summed E-state index contributed by atoms with van der Waals surface area (Å²) in [7, 11) is -1.77. The predicted octanol–water partition coefficient (Wildman–Crippen LogP) is 3.46.